The molecule has 182 valence electrons. The summed E-state index contributed by atoms with van der Waals surface area (Å²) in [4.78, 5) is 30.6. The highest BCUT2D eigenvalue weighted by atomic mass is 35.5. The number of alkyl halides is 1. The number of carbonyl (C=O) groups excluding carboxylic acids is 2. The first-order chi connectivity index (χ1) is 15.7. The Hall–Kier alpha value is -2.25. The molecular weight excluding hydrogens is 460 g/mol. The lowest BCUT2D eigenvalue weighted by Gasteiger charge is -2.29. The third kappa shape index (κ3) is 7.93. The molecule has 0 saturated heterocycles. The van der Waals surface area contributed by atoms with Crippen LogP contribution < -0.4 is 9.47 Å². The zero-order valence-electron chi connectivity index (χ0n) is 20.4. The number of rotatable bonds is 12. The lowest BCUT2D eigenvalue weighted by Crippen LogP contribution is -2.46. The van der Waals surface area contributed by atoms with Crippen LogP contribution in [0.5, 0.6) is 11.5 Å². The van der Waals surface area contributed by atoms with Gasteiger partial charge < -0.3 is 19.3 Å². The van der Waals surface area contributed by atoms with Crippen LogP contribution in [0.4, 0.5) is 0 Å². The fourth-order valence-corrected chi connectivity index (χ4v) is 4.58. The van der Waals surface area contributed by atoms with E-state index < -0.39 is 5.38 Å². The molecule has 2 rings (SSSR count). The van der Waals surface area contributed by atoms with Gasteiger partial charge in [0.05, 0.1) is 27.3 Å². The third-order valence-corrected chi connectivity index (χ3v) is 6.53. The molecule has 0 aliphatic heterocycles. The first-order valence-corrected chi connectivity index (χ1v) is 12.4. The van der Waals surface area contributed by atoms with Crippen LogP contribution in [-0.4, -0.2) is 60.8 Å². The van der Waals surface area contributed by atoms with E-state index in [-0.39, 0.29) is 24.3 Å². The monoisotopic (exact) mass is 494 g/mol. The predicted molar refractivity (Wildman–Crippen MR) is 134 cm³/mol. The van der Waals surface area contributed by atoms with Gasteiger partial charge in [-0.25, -0.2) is 0 Å². The minimum Gasteiger partial charge on any atom is -0.493 e. The van der Waals surface area contributed by atoms with Gasteiger partial charge in [0, 0.05) is 18.0 Å². The minimum atomic E-state index is -0.670. The molecule has 2 aromatic rings. The van der Waals surface area contributed by atoms with Crippen molar-refractivity contribution < 1.29 is 19.1 Å². The second-order valence-corrected chi connectivity index (χ2v) is 10.2. The Labute approximate surface area is 206 Å². The van der Waals surface area contributed by atoms with Crippen molar-refractivity contribution in [3.63, 3.8) is 0 Å². The predicted octanol–water partition coefficient (Wildman–Crippen LogP) is 4.76. The summed E-state index contributed by atoms with van der Waals surface area (Å²) in [7, 11) is 3.21. The minimum absolute atomic E-state index is 0.0183. The number of nitrogens with zero attached hydrogens (tertiary/aromatic N) is 2. The van der Waals surface area contributed by atoms with E-state index in [1.807, 2.05) is 49.3 Å². The van der Waals surface area contributed by atoms with Gasteiger partial charge in [-0.15, -0.1) is 22.9 Å². The van der Waals surface area contributed by atoms with Gasteiger partial charge >= 0.3 is 0 Å². The molecule has 8 heteroatoms. The van der Waals surface area contributed by atoms with E-state index >= 15 is 0 Å². The molecule has 1 heterocycles. The maximum Gasteiger partial charge on any atom is 0.242 e. The van der Waals surface area contributed by atoms with Crippen LogP contribution in [-0.2, 0) is 22.6 Å². The summed E-state index contributed by atoms with van der Waals surface area (Å²) in [5, 5.41) is 1.36. The summed E-state index contributed by atoms with van der Waals surface area (Å²) in [6.07, 6.45) is 0.653. The van der Waals surface area contributed by atoms with Crippen molar-refractivity contribution in [2.24, 2.45) is 5.92 Å². The number of carbonyl (C=O) groups is 2. The van der Waals surface area contributed by atoms with Crippen LogP contribution in [0.3, 0.4) is 0 Å². The van der Waals surface area contributed by atoms with Gasteiger partial charge in [0.2, 0.25) is 11.8 Å². The molecule has 0 spiro atoms. The quantitative estimate of drug-likeness (QED) is 0.399. The number of ether oxygens (including phenoxy) is 2. The fraction of sp³-hybridized carbons (Fsp3) is 0.520. The number of amides is 2. The second-order valence-electron chi connectivity index (χ2n) is 8.51. The summed E-state index contributed by atoms with van der Waals surface area (Å²) in [5.74, 6) is 1.26. The van der Waals surface area contributed by atoms with E-state index in [4.69, 9.17) is 21.1 Å². The molecule has 0 radical (unpaired) electrons. The summed E-state index contributed by atoms with van der Waals surface area (Å²) in [5.41, 5.74) is 2.20. The highest BCUT2D eigenvalue weighted by Crippen LogP contribution is 2.28. The molecule has 2 amide bonds. The van der Waals surface area contributed by atoms with Crippen molar-refractivity contribution >= 4 is 34.8 Å². The van der Waals surface area contributed by atoms with Gasteiger partial charge in [0.1, 0.15) is 5.38 Å². The summed E-state index contributed by atoms with van der Waals surface area (Å²) < 4.78 is 10.7. The van der Waals surface area contributed by atoms with Gasteiger partial charge in [-0.1, -0.05) is 19.9 Å². The Bertz CT molecular complexity index is 929. The van der Waals surface area contributed by atoms with E-state index in [0.717, 1.165) is 16.0 Å². The topological polar surface area (TPSA) is 59.1 Å². The van der Waals surface area contributed by atoms with E-state index in [2.05, 4.69) is 6.07 Å². The lowest BCUT2D eigenvalue weighted by atomic mass is 10.1. The van der Waals surface area contributed by atoms with Crippen LogP contribution in [0, 0.1) is 12.8 Å². The summed E-state index contributed by atoms with van der Waals surface area (Å²) >= 11 is 7.70. The molecule has 6 nitrogen and oxygen atoms in total. The fourth-order valence-electron chi connectivity index (χ4n) is 3.52. The number of halogens is 1. The molecule has 1 unspecified atom stereocenters. The molecule has 0 aliphatic rings. The van der Waals surface area contributed by atoms with Crippen molar-refractivity contribution in [2.75, 3.05) is 33.9 Å². The Morgan fingerprint density at radius 3 is 2.30 bits per heavy atom. The maximum atomic E-state index is 13.4. The first-order valence-electron chi connectivity index (χ1n) is 11.1. The van der Waals surface area contributed by atoms with Crippen LogP contribution in [0.1, 0.15) is 36.8 Å². The molecular formula is C25H35ClN2O4S. The summed E-state index contributed by atoms with van der Waals surface area (Å²) in [6, 6.07) is 7.83. The van der Waals surface area contributed by atoms with Crippen LogP contribution in [0.15, 0.2) is 29.6 Å². The smallest absolute Gasteiger partial charge is 0.242 e. The van der Waals surface area contributed by atoms with E-state index in [1.165, 1.54) is 0 Å². The number of hydrogen-bond donors (Lipinski definition) is 0. The second kappa shape index (κ2) is 12.8. The number of thiophene rings is 1. The molecule has 1 aromatic heterocycles. The van der Waals surface area contributed by atoms with E-state index in [0.29, 0.717) is 37.6 Å². The first kappa shape index (κ1) is 27.0. The number of methoxy groups -OCH3 is 2. The highest BCUT2D eigenvalue weighted by Gasteiger charge is 2.25. The normalized spacial score (nSPS) is 11.9. The molecule has 0 saturated carbocycles. The average Bonchev–Trinajstić information content (AvgIpc) is 3.18. The third-order valence-electron chi connectivity index (χ3n) is 5.34. The van der Waals surface area contributed by atoms with Crippen molar-refractivity contribution in [1.29, 1.82) is 0 Å². The van der Waals surface area contributed by atoms with Gasteiger partial charge in [-0.3, -0.25) is 9.59 Å². The molecule has 0 N–H and O–H groups in total. The maximum absolute atomic E-state index is 13.4. The standard InChI is InChI=1S/C25H35ClN2O4S/c1-17(2)14-28(25(30)19(4)26)16-24(29)27(15-23-18(3)10-12-33-23)11-9-20-7-8-21(31-5)22(13-20)32-6/h7-8,10,12-13,17,19H,9,11,14-16H2,1-6H3. The van der Waals surface area contributed by atoms with Gasteiger partial charge in [-0.05, 0) is 60.9 Å². The van der Waals surface area contributed by atoms with Crippen molar-refractivity contribution in [1.82, 2.24) is 9.80 Å². The highest BCUT2D eigenvalue weighted by molar-refractivity contribution is 7.10. The van der Waals surface area contributed by atoms with Crippen LogP contribution >= 0.6 is 22.9 Å². The van der Waals surface area contributed by atoms with E-state index in [9.17, 15) is 9.59 Å². The van der Waals surface area contributed by atoms with Crippen LogP contribution in [0.2, 0.25) is 0 Å². The lowest BCUT2D eigenvalue weighted by molar-refractivity contribution is -0.140. The number of aryl methyl sites for hydroxylation is 1. The molecule has 1 aromatic carbocycles. The van der Waals surface area contributed by atoms with Crippen molar-refractivity contribution in [3.8, 4) is 11.5 Å². The molecule has 0 bridgehead atoms. The largest absolute Gasteiger partial charge is 0.493 e. The zero-order valence-corrected chi connectivity index (χ0v) is 22.0. The van der Waals surface area contributed by atoms with E-state index in [1.54, 1.807) is 37.4 Å². The Kier molecular flexibility index (Phi) is 10.5. The van der Waals surface area contributed by atoms with Gasteiger partial charge in [0.25, 0.3) is 0 Å². The Morgan fingerprint density at radius 2 is 1.76 bits per heavy atom. The average molecular weight is 495 g/mol. The van der Waals surface area contributed by atoms with Gasteiger partial charge in [0.15, 0.2) is 11.5 Å². The number of hydrogen-bond acceptors (Lipinski definition) is 5. The van der Waals surface area contributed by atoms with Crippen LogP contribution in [0.25, 0.3) is 0 Å². The molecule has 0 fully saturated rings. The Balaban J connectivity index is 2.21. The Morgan fingerprint density at radius 1 is 1.06 bits per heavy atom. The van der Waals surface area contributed by atoms with Gasteiger partial charge in [-0.2, -0.15) is 0 Å². The van der Waals surface area contributed by atoms with Crippen molar-refractivity contribution in [3.05, 3.63) is 45.6 Å². The molecule has 0 aliphatic carbocycles. The number of benzene rings is 1. The van der Waals surface area contributed by atoms with Crippen molar-refractivity contribution in [2.45, 2.75) is 46.0 Å². The zero-order chi connectivity index (χ0) is 24.5. The SMILES string of the molecule is COc1ccc(CCN(Cc2sccc2C)C(=O)CN(CC(C)C)C(=O)C(C)Cl)cc1OC. The molecule has 1 atom stereocenters. The molecule has 33 heavy (non-hydrogen) atoms. The summed E-state index contributed by atoms with van der Waals surface area (Å²) in [6.45, 7) is 9.27.